The first-order valence-corrected chi connectivity index (χ1v) is 19.2. The van der Waals surface area contributed by atoms with Gasteiger partial charge < -0.3 is 9.80 Å². The van der Waals surface area contributed by atoms with Crippen LogP contribution in [-0.4, -0.2) is 13.1 Å². The lowest BCUT2D eigenvalue weighted by Gasteiger charge is -2.33. The molecule has 3 aliphatic heterocycles. The first-order valence-electron chi connectivity index (χ1n) is 17.5. The quantitative estimate of drug-likeness (QED) is 0.125. The largest absolute Gasteiger partial charge is 0.340 e. The molecule has 0 N–H and O–H groups in total. The number of rotatable bonds is 12. The maximum Gasteiger partial charge on any atom is 0.0553 e. The second-order valence-electron chi connectivity index (χ2n) is 12.9. The summed E-state index contributed by atoms with van der Waals surface area (Å²) in [6.07, 6.45) is 22.1. The van der Waals surface area contributed by atoms with E-state index in [9.17, 15) is 0 Å². The fourth-order valence-corrected chi connectivity index (χ4v) is 9.25. The summed E-state index contributed by atoms with van der Waals surface area (Å²) >= 11 is 3.84. The predicted octanol–water partition coefficient (Wildman–Crippen LogP) is 13.5. The van der Waals surface area contributed by atoms with Gasteiger partial charge in [0.1, 0.15) is 0 Å². The molecule has 3 aliphatic rings. The van der Waals surface area contributed by atoms with E-state index in [0.29, 0.717) is 0 Å². The second-order valence-corrected chi connectivity index (χ2v) is 15.1. The first kappa shape index (κ1) is 31.3. The van der Waals surface area contributed by atoms with Crippen molar-refractivity contribution in [2.24, 2.45) is 0 Å². The predicted molar refractivity (Wildman–Crippen MR) is 203 cm³/mol. The highest BCUT2D eigenvalue weighted by Gasteiger charge is 2.25. The minimum Gasteiger partial charge on any atom is -0.340 e. The van der Waals surface area contributed by atoms with Crippen LogP contribution in [-0.2, 0) is 0 Å². The molecule has 0 atom stereocenters. The Bertz CT molecular complexity index is 1510. The third-order valence-electron chi connectivity index (χ3n) is 9.45. The summed E-state index contributed by atoms with van der Waals surface area (Å²) in [5.74, 6) is 0. The first-order chi connectivity index (χ1) is 22.7. The Morgan fingerprint density at radius 2 is 0.696 bits per heavy atom. The van der Waals surface area contributed by atoms with Crippen LogP contribution in [0.3, 0.4) is 0 Å². The van der Waals surface area contributed by atoms with Crippen molar-refractivity contribution in [3.8, 4) is 0 Å². The maximum absolute atomic E-state index is 2.57. The van der Waals surface area contributed by atoms with Crippen molar-refractivity contribution in [1.82, 2.24) is 0 Å². The van der Waals surface area contributed by atoms with Gasteiger partial charge in [0.15, 0.2) is 0 Å². The molecule has 0 fully saturated rings. The zero-order valence-corrected chi connectivity index (χ0v) is 29.1. The van der Waals surface area contributed by atoms with Gasteiger partial charge in [-0.15, -0.1) is 0 Å². The van der Waals surface area contributed by atoms with Crippen LogP contribution in [0.15, 0.2) is 92.4 Å². The highest BCUT2D eigenvalue weighted by atomic mass is 32.2. The molecule has 0 spiro atoms. The van der Waals surface area contributed by atoms with E-state index in [1.165, 1.54) is 129 Å². The molecule has 46 heavy (non-hydrogen) atoms. The van der Waals surface area contributed by atoms with E-state index in [1.807, 2.05) is 23.5 Å². The van der Waals surface area contributed by atoms with Crippen molar-refractivity contribution in [3.05, 3.63) is 95.1 Å². The third-order valence-corrected chi connectivity index (χ3v) is 11.6. The monoisotopic (exact) mass is 642 g/mol. The van der Waals surface area contributed by atoms with Crippen LogP contribution in [0.4, 0.5) is 22.7 Å². The Kier molecular flexibility index (Phi) is 9.93. The van der Waals surface area contributed by atoms with E-state index < -0.39 is 0 Å². The second kappa shape index (κ2) is 14.6. The van der Waals surface area contributed by atoms with Crippen LogP contribution in [0.2, 0.25) is 0 Å². The third kappa shape index (κ3) is 6.85. The molecule has 2 nitrogen and oxygen atoms in total. The van der Waals surface area contributed by atoms with E-state index in [4.69, 9.17) is 0 Å². The molecule has 4 aromatic carbocycles. The molecule has 3 heterocycles. The fraction of sp³-hybridized carbons (Fsp3) is 0.333. The van der Waals surface area contributed by atoms with E-state index in [2.05, 4.69) is 121 Å². The number of fused-ring (bicyclic) bond motifs is 4. The zero-order chi connectivity index (χ0) is 31.3. The highest BCUT2D eigenvalue weighted by Crippen LogP contribution is 2.51. The Morgan fingerprint density at radius 1 is 0.391 bits per heavy atom. The van der Waals surface area contributed by atoms with Crippen molar-refractivity contribution in [2.75, 3.05) is 22.9 Å². The average molecular weight is 643 g/mol. The summed E-state index contributed by atoms with van der Waals surface area (Å²) in [6, 6.07) is 28.1. The van der Waals surface area contributed by atoms with Gasteiger partial charge in [0.2, 0.25) is 0 Å². The lowest BCUT2D eigenvalue weighted by atomic mass is 10.1. The molecule has 4 aromatic rings. The maximum atomic E-state index is 2.57. The van der Waals surface area contributed by atoms with E-state index in [0.717, 1.165) is 13.1 Å². The van der Waals surface area contributed by atoms with Gasteiger partial charge in [0.05, 0.1) is 22.7 Å². The number of hydrogen-bond acceptors (Lipinski definition) is 4. The summed E-state index contributed by atoms with van der Waals surface area (Å²) in [5, 5.41) is 0. The lowest BCUT2D eigenvalue weighted by Crippen LogP contribution is -2.22. The molecular weight excluding hydrogens is 597 g/mol. The fourth-order valence-electron chi connectivity index (χ4n) is 6.87. The summed E-state index contributed by atoms with van der Waals surface area (Å²) in [7, 11) is 0. The van der Waals surface area contributed by atoms with Gasteiger partial charge in [-0.1, -0.05) is 137 Å². The Balaban J connectivity index is 1.26. The van der Waals surface area contributed by atoms with Crippen LogP contribution in [0.5, 0.6) is 0 Å². The molecular formula is C42H46N2S2. The molecule has 236 valence electrons. The number of anilines is 4. The van der Waals surface area contributed by atoms with Crippen molar-refractivity contribution in [3.63, 3.8) is 0 Å². The summed E-state index contributed by atoms with van der Waals surface area (Å²) in [6.45, 7) is 6.71. The van der Waals surface area contributed by atoms with E-state index in [1.54, 1.807) is 0 Å². The number of nitrogens with zero attached hydrogens (tertiary/aromatic N) is 2. The molecule has 0 amide bonds. The van der Waals surface area contributed by atoms with Crippen molar-refractivity contribution in [2.45, 2.75) is 97.6 Å². The Morgan fingerprint density at radius 3 is 1.00 bits per heavy atom. The van der Waals surface area contributed by atoms with Gasteiger partial charge in [-0.05, 0) is 83.6 Å². The van der Waals surface area contributed by atoms with Crippen LogP contribution in [0.1, 0.15) is 100 Å². The van der Waals surface area contributed by atoms with Crippen LogP contribution in [0, 0.1) is 0 Å². The summed E-state index contributed by atoms with van der Waals surface area (Å²) < 4.78 is 0. The molecule has 0 saturated heterocycles. The molecule has 0 radical (unpaired) electrons. The number of benzene rings is 4. The van der Waals surface area contributed by atoms with Gasteiger partial charge >= 0.3 is 0 Å². The topological polar surface area (TPSA) is 6.48 Å². The minimum absolute atomic E-state index is 1.06. The Labute approximate surface area is 285 Å². The smallest absolute Gasteiger partial charge is 0.0553 e. The molecule has 7 rings (SSSR count). The van der Waals surface area contributed by atoms with E-state index >= 15 is 0 Å². The van der Waals surface area contributed by atoms with E-state index in [-0.39, 0.29) is 0 Å². The molecule has 8 bridgehead atoms. The summed E-state index contributed by atoms with van der Waals surface area (Å²) in [4.78, 5) is 10.5. The van der Waals surface area contributed by atoms with Crippen molar-refractivity contribution in [1.29, 1.82) is 0 Å². The van der Waals surface area contributed by atoms with Crippen LogP contribution in [0.25, 0.3) is 24.3 Å². The molecule has 4 heteroatoms. The van der Waals surface area contributed by atoms with Crippen LogP contribution >= 0.6 is 23.5 Å². The van der Waals surface area contributed by atoms with Gasteiger partial charge in [-0.3, -0.25) is 0 Å². The van der Waals surface area contributed by atoms with Crippen molar-refractivity contribution < 1.29 is 0 Å². The van der Waals surface area contributed by atoms with Gasteiger partial charge in [0.25, 0.3) is 0 Å². The lowest BCUT2D eigenvalue weighted by molar-refractivity contribution is 0.632. The SMILES string of the molecule is CCCCCCCN1c2ccc3cc2Sc2cc(ccc21)C=Cc1ccc2c(c1)Sc1cc(ccc1N2CCCCCCC)C=C3. The normalized spacial score (nSPS) is 14.0. The van der Waals surface area contributed by atoms with Gasteiger partial charge in [-0.25, -0.2) is 0 Å². The standard InChI is InChI=1S/C42H46N2S2/c1-3-5-7-9-11-25-43-35-21-17-31-13-15-33-19-23-37-41(29-33)46-42-30-34(20-24-38(42)44(37)26-12-10-8-6-4-2)16-14-32-18-22-36(43)40(28-32)45-39(35)27-31/h13-24,27-30H,3-12,25-26H2,1-2H3. The summed E-state index contributed by atoms with van der Waals surface area (Å²) in [5.41, 5.74) is 10.4. The highest BCUT2D eigenvalue weighted by molar-refractivity contribution is 8.00. The van der Waals surface area contributed by atoms with Crippen molar-refractivity contribution >= 4 is 70.6 Å². The molecule has 0 saturated carbocycles. The number of hydrogen-bond donors (Lipinski definition) is 0. The Hall–Kier alpha value is -3.34. The van der Waals surface area contributed by atoms with Gasteiger partial charge in [0, 0.05) is 32.7 Å². The van der Waals surface area contributed by atoms with Crippen LogP contribution < -0.4 is 9.80 Å². The molecule has 0 unspecified atom stereocenters. The minimum atomic E-state index is 1.06. The van der Waals surface area contributed by atoms with Gasteiger partial charge in [-0.2, -0.15) is 0 Å². The zero-order valence-electron chi connectivity index (χ0n) is 27.4. The molecule has 0 aliphatic carbocycles. The number of unbranched alkanes of at least 4 members (excludes halogenated alkanes) is 8. The average Bonchev–Trinajstić information content (AvgIpc) is 3.08. The molecule has 0 aromatic heterocycles.